The second-order valence-corrected chi connectivity index (χ2v) is 3.13. The average Bonchev–Trinajstić information content (AvgIpc) is 2.16. The van der Waals surface area contributed by atoms with Crippen LogP contribution < -0.4 is 16.2 Å². The van der Waals surface area contributed by atoms with Gasteiger partial charge in [-0.05, 0) is 19.1 Å². The molecule has 0 aromatic heterocycles. The number of nitrogens with two attached hydrogens (primary N) is 2. The largest absolute Gasteiger partial charge is 0.491 e. The third kappa shape index (κ3) is 3.06. The Labute approximate surface area is 82.8 Å². The van der Waals surface area contributed by atoms with Gasteiger partial charge in [-0.25, -0.2) is 0 Å². The number of primary amides is 1. The molecule has 76 valence electrons. The SMILES string of the molecule is Cc1ccc(OCC(N)C(N)=O)cc1. The highest BCUT2D eigenvalue weighted by Crippen LogP contribution is 2.11. The minimum absolute atomic E-state index is 0.110. The van der Waals surface area contributed by atoms with E-state index < -0.39 is 11.9 Å². The number of rotatable bonds is 4. The van der Waals surface area contributed by atoms with Crippen LogP contribution in [0.4, 0.5) is 0 Å². The van der Waals surface area contributed by atoms with Crippen molar-refractivity contribution >= 4 is 5.91 Å². The topological polar surface area (TPSA) is 78.3 Å². The number of hydrogen-bond acceptors (Lipinski definition) is 3. The molecule has 1 aromatic carbocycles. The van der Waals surface area contributed by atoms with E-state index in [0.29, 0.717) is 5.75 Å². The van der Waals surface area contributed by atoms with Crippen LogP contribution in [0, 0.1) is 6.92 Å². The van der Waals surface area contributed by atoms with Gasteiger partial charge in [-0.3, -0.25) is 4.79 Å². The van der Waals surface area contributed by atoms with Gasteiger partial charge in [-0.15, -0.1) is 0 Å². The van der Waals surface area contributed by atoms with Crippen LogP contribution in [0.25, 0.3) is 0 Å². The third-order valence-corrected chi connectivity index (χ3v) is 1.82. The summed E-state index contributed by atoms with van der Waals surface area (Å²) in [5.41, 5.74) is 11.5. The molecule has 1 unspecified atom stereocenters. The molecule has 1 aromatic rings. The molecule has 4 N–H and O–H groups in total. The van der Waals surface area contributed by atoms with E-state index in [-0.39, 0.29) is 6.61 Å². The molecule has 0 spiro atoms. The summed E-state index contributed by atoms with van der Waals surface area (Å²) >= 11 is 0. The maximum absolute atomic E-state index is 10.6. The van der Waals surface area contributed by atoms with Crippen LogP contribution in [0.15, 0.2) is 24.3 Å². The van der Waals surface area contributed by atoms with Crippen molar-refractivity contribution in [1.82, 2.24) is 0 Å². The molecular formula is C10H14N2O2. The molecule has 1 rings (SSSR count). The van der Waals surface area contributed by atoms with E-state index in [4.69, 9.17) is 16.2 Å². The van der Waals surface area contributed by atoms with Gasteiger partial charge in [0.1, 0.15) is 18.4 Å². The standard InChI is InChI=1S/C10H14N2O2/c1-7-2-4-8(5-3-7)14-6-9(11)10(12)13/h2-5,9H,6,11H2,1H3,(H2,12,13). The molecule has 1 amide bonds. The summed E-state index contributed by atoms with van der Waals surface area (Å²) in [5.74, 6) is 0.129. The van der Waals surface area contributed by atoms with Crippen molar-refractivity contribution in [3.05, 3.63) is 29.8 Å². The van der Waals surface area contributed by atoms with Crippen LogP contribution in [0.3, 0.4) is 0 Å². The lowest BCUT2D eigenvalue weighted by Gasteiger charge is -2.09. The number of carbonyl (C=O) groups excluding carboxylic acids is 1. The fourth-order valence-corrected chi connectivity index (χ4v) is 0.903. The third-order valence-electron chi connectivity index (χ3n) is 1.82. The van der Waals surface area contributed by atoms with Gasteiger partial charge in [-0.2, -0.15) is 0 Å². The highest BCUT2D eigenvalue weighted by molar-refractivity contribution is 5.79. The summed E-state index contributed by atoms with van der Waals surface area (Å²) < 4.78 is 5.26. The second-order valence-electron chi connectivity index (χ2n) is 3.13. The summed E-state index contributed by atoms with van der Waals surface area (Å²) in [6, 6.07) is 6.74. The van der Waals surface area contributed by atoms with Gasteiger partial charge >= 0.3 is 0 Å². The zero-order chi connectivity index (χ0) is 10.6. The van der Waals surface area contributed by atoms with E-state index in [2.05, 4.69) is 0 Å². The molecular weight excluding hydrogens is 180 g/mol. The molecule has 0 radical (unpaired) electrons. The second kappa shape index (κ2) is 4.62. The lowest BCUT2D eigenvalue weighted by molar-refractivity contribution is -0.119. The van der Waals surface area contributed by atoms with Gasteiger partial charge in [0.05, 0.1) is 0 Å². The van der Waals surface area contributed by atoms with Crippen molar-refractivity contribution in [3.63, 3.8) is 0 Å². The summed E-state index contributed by atoms with van der Waals surface area (Å²) in [7, 11) is 0. The Bertz CT molecular complexity index is 308. The fraction of sp³-hybridized carbons (Fsp3) is 0.300. The van der Waals surface area contributed by atoms with Crippen molar-refractivity contribution in [1.29, 1.82) is 0 Å². The van der Waals surface area contributed by atoms with E-state index in [1.807, 2.05) is 31.2 Å². The van der Waals surface area contributed by atoms with Gasteiger partial charge in [0.25, 0.3) is 0 Å². The summed E-state index contributed by atoms with van der Waals surface area (Å²) in [6.07, 6.45) is 0. The van der Waals surface area contributed by atoms with Gasteiger partial charge < -0.3 is 16.2 Å². The smallest absolute Gasteiger partial charge is 0.237 e. The molecule has 4 nitrogen and oxygen atoms in total. The first-order valence-electron chi connectivity index (χ1n) is 4.34. The first kappa shape index (κ1) is 10.5. The van der Waals surface area contributed by atoms with Crippen LogP contribution in [-0.4, -0.2) is 18.6 Å². The number of amides is 1. The maximum atomic E-state index is 10.6. The highest BCUT2D eigenvalue weighted by atomic mass is 16.5. The predicted octanol–water partition coefficient (Wildman–Crippen LogP) is 0.186. The fourth-order valence-electron chi connectivity index (χ4n) is 0.903. The maximum Gasteiger partial charge on any atom is 0.237 e. The Kier molecular flexibility index (Phi) is 3.48. The molecule has 1 atom stereocenters. The zero-order valence-electron chi connectivity index (χ0n) is 8.07. The van der Waals surface area contributed by atoms with E-state index in [9.17, 15) is 4.79 Å². The summed E-state index contributed by atoms with van der Waals surface area (Å²) in [5, 5.41) is 0. The van der Waals surface area contributed by atoms with Gasteiger partial charge in [0.15, 0.2) is 0 Å². The van der Waals surface area contributed by atoms with E-state index in [1.54, 1.807) is 0 Å². The first-order valence-corrected chi connectivity index (χ1v) is 4.34. The van der Waals surface area contributed by atoms with Gasteiger partial charge in [0.2, 0.25) is 5.91 Å². The lowest BCUT2D eigenvalue weighted by atomic mass is 10.2. The quantitative estimate of drug-likeness (QED) is 0.718. The van der Waals surface area contributed by atoms with Crippen molar-refractivity contribution in [2.45, 2.75) is 13.0 Å². The predicted molar refractivity (Wildman–Crippen MR) is 53.8 cm³/mol. The monoisotopic (exact) mass is 194 g/mol. The minimum Gasteiger partial charge on any atom is -0.491 e. The number of hydrogen-bond donors (Lipinski definition) is 2. The zero-order valence-corrected chi connectivity index (χ0v) is 8.07. The van der Waals surface area contributed by atoms with Crippen molar-refractivity contribution < 1.29 is 9.53 Å². The normalized spacial score (nSPS) is 12.1. The Balaban J connectivity index is 2.46. The number of aryl methyl sites for hydroxylation is 1. The Morgan fingerprint density at radius 1 is 1.43 bits per heavy atom. The molecule has 0 aliphatic carbocycles. The Morgan fingerprint density at radius 2 is 2.00 bits per heavy atom. The molecule has 4 heteroatoms. The van der Waals surface area contributed by atoms with Crippen LogP contribution in [0.5, 0.6) is 5.75 Å². The summed E-state index contributed by atoms with van der Waals surface area (Å²) in [6.45, 7) is 2.09. The number of ether oxygens (including phenoxy) is 1. The van der Waals surface area contributed by atoms with Crippen molar-refractivity contribution in [2.24, 2.45) is 11.5 Å². The van der Waals surface area contributed by atoms with E-state index in [1.165, 1.54) is 0 Å². The molecule has 14 heavy (non-hydrogen) atoms. The molecule has 0 saturated carbocycles. The van der Waals surface area contributed by atoms with Crippen LogP contribution in [0.1, 0.15) is 5.56 Å². The van der Waals surface area contributed by atoms with Crippen molar-refractivity contribution in [3.8, 4) is 5.75 Å². The lowest BCUT2D eigenvalue weighted by Crippen LogP contribution is -2.41. The highest BCUT2D eigenvalue weighted by Gasteiger charge is 2.09. The minimum atomic E-state index is -0.753. The molecule has 0 aliphatic heterocycles. The van der Waals surface area contributed by atoms with Crippen LogP contribution >= 0.6 is 0 Å². The first-order chi connectivity index (χ1) is 6.59. The van der Waals surface area contributed by atoms with E-state index >= 15 is 0 Å². The number of benzene rings is 1. The van der Waals surface area contributed by atoms with Crippen LogP contribution in [-0.2, 0) is 4.79 Å². The van der Waals surface area contributed by atoms with Gasteiger partial charge in [-0.1, -0.05) is 17.7 Å². The average molecular weight is 194 g/mol. The molecule has 0 heterocycles. The molecule has 0 saturated heterocycles. The number of carbonyl (C=O) groups is 1. The molecule has 0 aliphatic rings. The van der Waals surface area contributed by atoms with Crippen LogP contribution in [0.2, 0.25) is 0 Å². The molecule has 0 fully saturated rings. The Hall–Kier alpha value is -1.55. The Morgan fingerprint density at radius 3 is 2.50 bits per heavy atom. The van der Waals surface area contributed by atoms with Gasteiger partial charge in [0, 0.05) is 0 Å². The van der Waals surface area contributed by atoms with Crippen molar-refractivity contribution in [2.75, 3.05) is 6.61 Å². The van der Waals surface area contributed by atoms with E-state index in [0.717, 1.165) is 5.56 Å². The molecule has 0 bridgehead atoms. The summed E-state index contributed by atoms with van der Waals surface area (Å²) in [4.78, 5) is 10.6.